The van der Waals surface area contributed by atoms with E-state index >= 15 is 0 Å². The smallest absolute Gasteiger partial charge is 0.289 e. The van der Waals surface area contributed by atoms with E-state index in [4.69, 9.17) is 14.1 Å². The standard InChI is InChI=1S/C21H28N4O3.HI/c1-3-22-21(23-11-10-17-6-8-18(27-2)9-7-17)25-14-12-24(13-15-25)20(26)19-5-4-16-28-19;/h4-9,16H,3,10-15H2,1-2H3,(H,22,23);1H. The summed E-state index contributed by atoms with van der Waals surface area (Å²) in [5.41, 5.74) is 1.23. The molecule has 2 aromatic rings. The van der Waals surface area contributed by atoms with Gasteiger partial charge >= 0.3 is 0 Å². The normalized spacial score (nSPS) is 14.3. The zero-order chi connectivity index (χ0) is 19.8. The van der Waals surface area contributed by atoms with Crippen LogP contribution in [0.1, 0.15) is 23.0 Å². The fourth-order valence-corrected chi connectivity index (χ4v) is 3.19. The molecular formula is C21H29IN4O3. The van der Waals surface area contributed by atoms with Crippen molar-refractivity contribution in [2.24, 2.45) is 4.99 Å². The van der Waals surface area contributed by atoms with Crippen LogP contribution in [0, 0.1) is 0 Å². The Bertz CT molecular complexity index is 770. The maximum absolute atomic E-state index is 12.4. The molecule has 1 aliphatic heterocycles. The highest BCUT2D eigenvalue weighted by molar-refractivity contribution is 14.0. The highest BCUT2D eigenvalue weighted by Gasteiger charge is 2.25. The van der Waals surface area contributed by atoms with E-state index in [-0.39, 0.29) is 29.9 Å². The Morgan fingerprint density at radius 2 is 1.83 bits per heavy atom. The third-order valence-electron chi connectivity index (χ3n) is 4.75. The van der Waals surface area contributed by atoms with E-state index in [1.165, 1.54) is 11.8 Å². The summed E-state index contributed by atoms with van der Waals surface area (Å²) in [5, 5.41) is 3.36. The van der Waals surface area contributed by atoms with E-state index in [1.54, 1.807) is 19.2 Å². The second kappa shape index (κ2) is 11.7. The molecule has 0 bridgehead atoms. The summed E-state index contributed by atoms with van der Waals surface area (Å²) >= 11 is 0. The van der Waals surface area contributed by atoms with Gasteiger partial charge in [-0.1, -0.05) is 12.1 Å². The zero-order valence-electron chi connectivity index (χ0n) is 17.0. The van der Waals surface area contributed by atoms with Gasteiger partial charge in [0.05, 0.1) is 13.4 Å². The third-order valence-corrected chi connectivity index (χ3v) is 4.75. The molecule has 3 rings (SSSR count). The van der Waals surface area contributed by atoms with Crippen LogP contribution in [0.2, 0.25) is 0 Å². The third kappa shape index (κ3) is 6.38. The van der Waals surface area contributed by atoms with Crippen LogP contribution in [0.25, 0.3) is 0 Å². The Morgan fingerprint density at radius 1 is 1.14 bits per heavy atom. The van der Waals surface area contributed by atoms with E-state index in [0.29, 0.717) is 25.4 Å². The number of halogens is 1. The number of piperazine rings is 1. The number of ether oxygens (including phenoxy) is 1. The monoisotopic (exact) mass is 512 g/mol. The van der Waals surface area contributed by atoms with Crippen molar-refractivity contribution < 1.29 is 13.9 Å². The van der Waals surface area contributed by atoms with Gasteiger partial charge in [-0.3, -0.25) is 9.79 Å². The maximum atomic E-state index is 12.4. The van der Waals surface area contributed by atoms with E-state index in [2.05, 4.69) is 29.3 Å². The van der Waals surface area contributed by atoms with Gasteiger partial charge in [0.1, 0.15) is 5.75 Å². The van der Waals surface area contributed by atoms with Crippen LogP contribution in [-0.4, -0.2) is 68.0 Å². The van der Waals surface area contributed by atoms with Gasteiger partial charge in [-0.2, -0.15) is 0 Å². The van der Waals surface area contributed by atoms with E-state index in [0.717, 1.165) is 37.8 Å². The van der Waals surface area contributed by atoms with Gasteiger partial charge in [-0.05, 0) is 43.2 Å². The van der Waals surface area contributed by atoms with Crippen molar-refractivity contribution in [3.63, 3.8) is 0 Å². The summed E-state index contributed by atoms with van der Waals surface area (Å²) < 4.78 is 10.4. The average Bonchev–Trinajstić information content (AvgIpc) is 3.28. The highest BCUT2D eigenvalue weighted by Crippen LogP contribution is 2.12. The first-order chi connectivity index (χ1) is 13.7. The van der Waals surface area contributed by atoms with Crippen molar-refractivity contribution in [3.8, 4) is 5.75 Å². The minimum Gasteiger partial charge on any atom is -0.497 e. The fourth-order valence-electron chi connectivity index (χ4n) is 3.19. The van der Waals surface area contributed by atoms with Gasteiger partial charge < -0.3 is 24.3 Å². The number of benzene rings is 1. The molecule has 1 amide bonds. The predicted molar refractivity (Wildman–Crippen MR) is 124 cm³/mol. The first-order valence-corrected chi connectivity index (χ1v) is 9.70. The molecule has 0 atom stereocenters. The minimum atomic E-state index is -0.0499. The first-order valence-electron chi connectivity index (χ1n) is 9.70. The molecule has 1 aliphatic rings. The lowest BCUT2D eigenvalue weighted by atomic mass is 10.1. The number of nitrogens with one attached hydrogen (secondary N) is 1. The maximum Gasteiger partial charge on any atom is 0.289 e. The Hall–Kier alpha value is -2.23. The van der Waals surface area contributed by atoms with E-state index < -0.39 is 0 Å². The molecule has 8 heteroatoms. The molecule has 158 valence electrons. The van der Waals surface area contributed by atoms with Crippen molar-refractivity contribution >= 4 is 35.8 Å². The predicted octanol–water partition coefficient (Wildman–Crippen LogP) is 2.87. The van der Waals surface area contributed by atoms with Crippen LogP contribution in [0.15, 0.2) is 52.1 Å². The van der Waals surface area contributed by atoms with Crippen LogP contribution in [0.3, 0.4) is 0 Å². The lowest BCUT2D eigenvalue weighted by Gasteiger charge is -2.36. The zero-order valence-corrected chi connectivity index (χ0v) is 19.3. The van der Waals surface area contributed by atoms with Crippen LogP contribution in [0.4, 0.5) is 0 Å². The SMILES string of the molecule is CCNC(=NCCc1ccc(OC)cc1)N1CCN(C(=O)c2ccco2)CC1.I. The number of carbonyl (C=O) groups is 1. The quantitative estimate of drug-likeness (QED) is 0.366. The van der Waals surface area contributed by atoms with E-state index in [1.807, 2.05) is 17.0 Å². The topological polar surface area (TPSA) is 70.3 Å². The molecule has 1 fully saturated rings. The molecule has 29 heavy (non-hydrogen) atoms. The van der Waals surface area contributed by atoms with Crippen LogP contribution >= 0.6 is 24.0 Å². The molecule has 0 saturated carbocycles. The molecule has 2 heterocycles. The molecule has 0 aliphatic carbocycles. The number of carbonyl (C=O) groups excluding carboxylic acids is 1. The molecule has 0 radical (unpaired) electrons. The van der Waals surface area contributed by atoms with Gasteiger partial charge in [0.15, 0.2) is 11.7 Å². The molecular weight excluding hydrogens is 483 g/mol. The fraction of sp³-hybridized carbons (Fsp3) is 0.429. The van der Waals surface area contributed by atoms with Gasteiger partial charge in [0.25, 0.3) is 5.91 Å². The molecule has 1 aromatic carbocycles. The van der Waals surface area contributed by atoms with Crippen molar-refractivity contribution in [2.75, 3.05) is 46.4 Å². The Morgan fingerprint density at radius 3 is 2.41 bits per heavy atom. The molecule has 7 nitrogen and oxygen atoms in total. The highest BCUT2D eigenvalue weighted by atomic mass is 127. The van der Waals surface area contributed by atoms with Crippen LogP contribution < -0.4 is 10.1 Å². The van der Waals surface area contributed by atoms with Crippen molar-refractivity contribution in [1.29, 1.82) is 0 Å². The Kier molecular flexibility index (Phi) is 9.30. The van der Waals surface area contributed by atoms with Gasteiger partial charge in [0.2, 0.25) is 0 Å². The number of furan rings is 1. The van der Waals surface area contributed by atoms with Gasteiger partial charge in [-0.25, -0.2) is 0 Å². The van der Waals surface area contributed by atoms with E-state index in [9.17, 15) is 4.79 Å². The second-order valence-electron chi connectivity index (χ2n) is 6.59. The molecule has 1 saturated heterocycles. The molecule has 1 aromatic heterocycles. The number of guanidine groups is 1. The Balaban J connectivity index is 0.00000300. The van der Waals surface area contributed by atoms with Crippen molar-refractivity contribution in [2.45, 2.75) is 13.3 Å². The summed E-state index contributed by atoms with van der Waals surface area (Å²) in [6, 6.07) is 11.5. The summed E-state index contributed by atoms with van der Waals surface area (Å²) in [6.45, 7) is 6.40. The number of hydrogen-bond acceptors (Lipinski definition) is 4. The number of aliphatic imine (C=N–C) groups is 1. The summed E-state index contributed by atoms with van der Waals surface area (Å²) in [6.07, 6.45) is 2.40. The lowest BCUT2D eigenvalue weighted by Crippen LogP contribution is -2.53. The average molecular weight is 512 g/mol. The number of nitrogens with zero attached hydrogens (tertiary/aromatic N) is 3. The van der Waals surface area contributed by atoms with Crippen molar-refractivity contribution in [3.05, 3.63) is 54.0 Å². The van der Waals surface area contributed by atoms with Gasteiger partial charge in [-0.15, -0.1) is 24.0 Å². The number of rotatable bonds is 6. The minimum absolute atomic E-state index is 0. The summed E-state index contributed by atoms with van der Waals surface area (Å²) in [7, 11) is 1.67. The number of amides is 1. The number of hydrogen-bond donors (Lipinski definition) is 1. The largest absolute Gasteiger partial charge is 0.497 e. The lowest BCUT2D eigenvalue weighted by molar-refractivity contribution is 0.0657. The van der Waals surface area contributed by atoms with Gasteiger partial charge in [0, 0.05) is 39.3 Å². The molecule has 1 N–H and O–H groups in total. The number of methoxy groups -OCH3 is 1. The summed E-state index contributed by atoms with van der Waals surface area (Å²) in [5.74, 6) is 2.11. The Labute approximate surface area is 189 Å². The molecule has 0 unspecified atom stereocenters. The van der Waals surface area contributed by atoms with Crippen molar-refractivity contribution in [1.82, 2.24) is 15.1 Å². The van der Waals surface area contributed by atoms with Crippen LogP contribution in [0.5, 0.6) is 5.75 Å². The summed E-state index contributed by atoms with van der Waals surface area (Å²) in [4.78, 5) is 21.2. The first kappa shape index (κ1) is 23.1. The second-order valence-corrected chi connectivity index (χ2v) is 6.59. The molecule has 0 spiro atoms. The van der Waals surface area contributed by atoms with Crippen LogP contribution in [-0.2, 0) is 6.42 Å².